The quantitative estimate of drug-likeness (QED) is 0.118. The number of anilines is 2. The highest BCUT2D eigenvalue weighted by Crippen LogP contribution is 2.28. The maximum Gasteiger partial charge on any atom is 0.255 e. The molecule has 52 heavy (non-hydrogen) atoms. The van der Waals surface area contributed by atoms with E-state index >= 15 is 0 Å². The van der Waals surface area contributed by atoms with E-state index in [4.69, 9.17) is 0 Å². The number of aromatic nitrogens is 2. The van der Waals surface area contributed by atoms with Crippen LogP contribution in [0.25, 0.3) is 50.6 Å². The van der Waals surface area contributed by atoms with Crippen LogP contribution in [0.1, 0.15) is 15.9 Å². The van der Waals surface area contributed by atoms with E-state index in [1.165, 1.54) is 22.8 Å². The van der Waals surface area contributed by atoms with Gasteiger partial charge in [-0.2, -0.15) is 0 Å². The van der Waals surface area contributed by atoms with Crippen LogP contribution in [0.2, 0.25) is 0 Å². The monoisotopic (exact) mass is 678 g/mol. The Hall–Kier alpha value is -6.92. The highest BCUT2D eigenvalue weighted by molar-refractivity contribution is 6.05. The number of amides is 2. The first-order valence-corrected chi connectivity index (χ1v) is 17.1. The molecule has 6 heteroatoms. The number of nitrogens with one attached hydrogen (secondary N) is 2. The fourth-order valence-electron chi connectivity index (χ4n) is 6.02. The molecular formula is C46H38N4O2+2. The zero-order valence-corrected chi connectivity index (χ0v) is 29.0. The smallest absolute Gasteiger partial charge is 0.255 e. The lowest BCUT2D eigenvalue weighted by Crippen LogP contribution is -2.26. The Morgan fingerprint density at radius 1 is 0.462 bits per heavy atom. The maximum atomic E-state index is 13.0. The van der Waals surface area contributed by atoms with Crippen molar-refractivity contribution in [1.29, 1.82) is 0 Å². The summed E-state index contributed by atoms with van der Waals surface area (Å²) in [6, 6.07) is 48.1. The Morgan fingerprint density at radius 2 is 0.846 bits per heavy atom. The van der Waals surface area contributed by atoms with E-state index in [2.05, 4.69) is 94.3 Å². The van der Waals surface area contributed by atoms with Gasteiger partial charge in [0.05, 0.1) is 0 Å². The van der Waals surface area contributed by atoms with Crippen molar-refractivity contribution in [2.45, 2.75) is 0 Å². The molecular weight excluding hydrogens is 641 g/mol. The van der Waals surface area contributed by atoms with E-state index in [0.29, 0.717) is 16.9 Å². The Balaban J connectivity index is 0.908. The van der Waals surface area contributed by atoms with Crippen LogP contribution in [-0.2, 0) is 18.9 Å². The van der Waals surface area contributed by atoms with Crippen molar-refractivity contribution in [2.24, 2.45) is 14.1 Å². The molecule has 0 radical (unpaired) electrons. The molecule has 2 N–H and O–H groups in total. The van der Waals surface area contributed by atoms with Crippen LogP contribution in [0.4, 0.5) is 11.4 Å². The summed E-state index contributed by atoms with van der Waals surface area (Å²) in [5.74, 6) is -0.437. The number of hydrogen-bond acceptors (Lipinski definition) is 2. The van der Waals surface area contributed by atoms with Crippen molar-refractivity contribution >= 4 is 29.3 Å². The number of carbonyl (C=O) groups is 2. The third kappa shape index (κ3) is 8.26. The van der Waals surface area contributed by atoms with Crippen LogP contribution in [0.3, 0.4) is 0 Å². The van der Waals surface area contributed by atoms with Gasteiger partial charge in [0.2, 0.25) is 5.91 Å². The van der Waals surface area contributed by atoms with Crippen molar-refractivity contribution < 1.29 is 18.7 Å². The van der Waals surface area contributed by atoms with Gasteiger partial charge in [0, 0.05) is 46.3 Å². The first kappa shape index (κ1) is 33.6. The van der Waals surface area contributed by atoms with Crippen LogP contribution >= 0.6 is 0 Å². The van der Waals surface area contributed by atoms with Gasteiger partial charge >= 0.3 is 0 Å². The molecule has 0 saturated carbocycles. The summed E-state index contributed by atoms with van der Waals surface area (Å²) in [7, 11) is 4.02. The van der Waals surface area contributed by atoms with Gasteiger partial charge in [0.15, 0.2) is 24.8 Å². The zero-order valence-electron chi connectivity index (χ0n) is 29.0. The molecule has 7 aromatic rings. The molecule has 7 rings (SSSR count). The molecule has 2 amide bonds. The number of rotatable bonds is 9. The summed E-state index contributed by atoms with van der Waals surface area (Å²) in [6.07, 6.45) is 11.4. The SMILES string of the molecule is C[n+]1cccc(-c2ccc(NC(=O)/C=C/c3ccc(C(=O)Nc4ccc(-c5ccc(-c6ccc(-c7ccc[n+](C)c7)cc6)cc5)cc4)cc3)cc2)c1. The molecule has 0 aliphatic rings. The molecule has 0 unspecified atom stereocenters. The second kappa shape index (κ2) is 15.3. The molecule has 0 fully saturated rings. The normalized spacial score (nSPS) is 11.0. The average molecular weight is 679 g/mol. The van der Waals surface area contributed by atoms with Crippen LogP contribution in [0, 0.1) is 0 Å². The third-order valence-corrected chi connectivity index (χ3v) is 8.88. The zero-order chi connectivity index (χ0) is 35.9. The Labute approximate surface area is 304 Å². The molecule has 252 valence electrons. The van der Waals surface area contributed by atoms with E-state index in [-0.39, 0.29) is 11.8 Å². The predicted molar refractivity (Wildman–Crippen MR) is 209 cm³/mol. The molecule has 2 heterocycles. The molecule has 0 bridgehead atoms. The highest BCUT2D eigenvalue weighted by Gasteiger charge is 2.09. The first-order valence-electron chi connectivity index (χ1n) is 17.1. The van der Waals surface area contributed by atoms with E-state index in [9.17, 15) is 9.59 Å². The van der Waals surface area contributed by atoms with E-state index < -0.39 is 0 Å². The van der Waals surface area contributed by atoms with Crippen molar-refractivity contribution in [3.8, 4) is 44.5 Å². The summed E-state index contributed by atoms with van der Waals surface area (Å²) in [6.45, 7) is 0. The average Bonchev–Trinajstić information content (AvgIpc) is 3.18. The van der Waals surface area contributed by atoms with E-state index in [1.54, 1.807) is 18.2 Å². The van der Waals surface area contributed by atoms with Gasteiger partial charge in [-0.05, 0) is 93.6 Å². The fraction of sp³-hybridized carbons (Fsp3) is 0.0435. The second-order valence-corrected chi connectivity index (χ2v) is 12.7. The molecule has 0 spiro atoms. The van der Waals surface area contributed by atoms with Crippen molar-refractivity contribution in [2.75, 3.05) is 10.6 Å². The van der Waals surface area contributed by atoms with Gasteiger partial charge in [-0.3, -0.25) is 9.59 Å². The number of aryl methyl sites for hydroxylation is 2. The predicted octanol–water partition coefficient (Wildman–Crippen LogP) is 8.91. The lowest BCUT2D eigenvalue weighted by atomic mass is 9.98. The van der Waals surface area contributed by atoms with Crippen molar-refractivity contribution in [1.82, 2.24) is 0 Å². The highest BCUT2D eigenvalue weighted by atomic mass is 16.2. The number of benzene rings is 5. The molecule has 0 aliphatic carbocycles. The maximum absolute atomic E-state index is 13.0. The second-order valence-electron chi connectivity index (χ2n) is 12.7. The van der Waals surface area contributed by atoms with Crippen LogP contribution < -0.4 is 19.8 Å². The molecule has 5 aromatic carbocycles. The summed E-state index contributed by atoms with van der Waals surface area (Å²) in [5, 5.41) is 5.87. The molecule has 6 nitrogen and oxygen atoms in total. The summed E-state index contributed by atoms with van der Waals surface area (Å²) >= 11 is 0. The number of carbonyl (C=O) groups excluding carboxylic acids is 2. The summed E-state index contributed by atoms with van der Waals surface area (Å²) in [5.41, 5.74) is 11.8. The summed E-state index contributed by atoms with van der Waals surface area (Å²) in [4.78, 5) is 25.5. The Morgan fingerprint density at radius 3 is 1.27 bits per heavy atom. The van der Waals surface area contributed by atoms with Crippen molar-refractivity contribution in [3.63, 3.8) is 0 Å². The number of pyridine rings is 2. The minimum absolute atomic E-state index is 0.203. The Kier molecular flexibility index (Phi) is 9.89. The third-order valence-electron chi connectivity index (χ3n) is 8.88. The standard InChI is InChI=1S/C46H36N4O2/c1-49-29-3-5-41(31-49)38-18-16-35(17-19-38)34-12-14-36(15-13-34)37-20-26-44(27-21-37)48-46(52)40-10-7-33(8-11-40)9-28-45(51)47-43-24-22-39(23-25-43)42-6-4-30-50(2)32-42/h3-32H,1-2H3/p+2/b28-9+. The van der Waals surface area contributed by atoms with Gasteiger partial charge in [0.1, 0.15) is 14.1 Å². The van der Waals surface area contributed by atoms with Crippen LogP contribution in [0.5, 0.6) is 0 Å². The fourth-order valence-corrected chi connectivity index (χ4v) is 6.02. The van der Waals surface area contributed by atoms with E-state index in [1.807, 2.05) is 97.8 Å². The lowest BCUT2D eigenvalue weighted by molar-refractivity contribution is -0.671. The van der Waals surface area contributed by atoms with Crippen LogP contribution in [-0.4, -0.2) is 11.8 Å². The first-order chi connectivity index (χ1) is 25.4. The minimum Gasteiger partial charge on any atom is -0.323 e. The van der Waals surface area contributed by atoms with Gasteiger partial charge < -0.3 is 10.6 Å². The van der Waals surface area contributed by atoms with Crippen LogP contribution in [0.15, 0.2) is 176 Å². The lowest BCUT2D eigenvalue weighted by Gasteiger charge is -2.09. The van der Waals surface area contributed by atoms with E-state index in [0.717, 1.165) is 33.4 Å². The Bertz CT molecular complexity index is 2360. The largest absolute Gasteiger partial charge is 0.323 e. The van der Waals surface area contributed by atoms with Gasteiger partial charge in [-0.1, -0.05) is 84.9 Å². The molecule has 0 aliphatic heterocycles. The molecule has 2 aromatic heterocycles. The van der Waals surface area contributed by atoms with Crippen molar-refractivity contribution in [3.05, 3.63) is 188 Å². The number of hydrogen-bond donors (Lipinski definition) is 2. The minimum atomic E-state index is -0.233. The number of nitrogens with zero attached hydrogens (tertiary/aromatic N) is 2. The molecule has 0 saturated heterocycles. The van der Waals surface area contributed by atoms with Gasteiger partial charge in [0.25, 0.3) is 5.91 Å². The topological polar surface area (TPSA) is 66.0 Å². The summed E-state index contributed by atoms with van der Waals surface area (Å²) < 4.78 is 4.06. The molecule has 0 atom stereocenters. The van der Waals surface area contributed by atoms with Gasteiger partial charge in [-0.15, -0.1) is 0 Å². The van der Waals surface area contributed by atoms with Gasteiger partial charge in [-0.25, -0.2) is 9.13 Å².